The van der Waals surface area contributed by atoms with Gasteiger partial charge in [0, 0.05) is 78.5 Å². The molecule has 0 atom stereocenters. The predicted octanol–water partition coefficient (Wildman–Crippen LogP) is -3.89. The fraction of sp³-hybridized carbons (Fsp3) is 1.00. The average molecular weight is 305 g/mol. The van der Waals surface area contributed by atoms with Crippen molar-refractivity contribution in [2.75, 3.05) is 78.5 Å². The lowest BCUT2D eigenvalue weighted by Gasteiger charge is -2.28. The Hall–Kier alpha value is -0.360. The van der Waals surface area contributed by atoms with Gasteiger partial charge in [0.05, 0.1) is 0 Å². The van der Waals surface area contributed by atoms with Crippen LogP contribution < -0.4 is 34.3 Å². The number of hydrogen-bond donors (Lipinski definition) is 6. The first-order valence-corrected chi connectivity index (χ1v) is 7.65. The highest BCUT2D eigenvalue weighted by molar-refractivity contribution is 4.66. The third-order valence-electron chi connectivity index (χ3n) is 3.32. The van der Waals surface area contributed by atoms with Crippen LogP contribution in [0.1, 0.15) is 0 Å². The van der Waals surface area contributed by atoms with Crippen LogP contribution in [0.5, 0.6) is 0 Å². The molecule has 21 heavy (non-hydrogen) atoms. The summed E-state index contributed by atoms with van der Waals surface area (Å²) in [5, 5.41) is 1.75. The van der Waals surface area contributed by atoms with Crippen molar-refractivity contribution in [1.82, 2.24) is 20.2 Å². The van der Waals surface area contributed by atoms with Crippen molar-refractivity contribution in [2.24, 2.45) is 28.9 Å². The Morgan fingerprint density at radius 3 is 1.57 bits per heavy atom. The van der Waals surface area contributed by atoms with E-state index >= 15 is 0 Å². The van der Waals surface area contributed by atoms with Crippen LogP contribution >= 0.6 is 0 Å². The highest BCUT2D eigenvalue weighted by Crippen LogP contribution is 1.93. The molecule has 0 radical (unpaired) electrons. The molecule has 9 nitrogen and oxygen atoms in total. The normalized spacial score (nSPS) is 12.0. The highest BCUT2D eigenvalue weighted by atomic mass is 15.4. The minimum Gasteiger partial charge on any atom is -0.329 e. The highest BCUT2D eigenvalue weighted by Gasteiger charge is 2.09. The zero-order chi connectivity index (χ0) is 15.9. The Morgan fingerprint density at radius 1 is 0.619 bits per heavy atom. The van der Waals surface area contributed by atoms with Crippen LogP contribution in [0.2, 0.25) is 0 Å². The van der Waals surface area contributed by atoms with Crippen molar-refractivity contribution in [3.63, 3.8) is 0 Å². The summed E-state index contributed by atoms with van der Waals surface area (Å²) < 4.78 is 0. The van der Waals surface area contributed by atoms with Gasteiger partial charge in [-0.25, -0.2) is 5.01 Å². The Morgan fingerprint density at radius 2 is 1.10 bits per heavy atom. The number of nitrogens with two attached hydrogens (primary N) is 5. The van der Waals surface area contributed by atoms with Gasteiger partial charge in [-0.1, -0.05) is 0 Å². The van der Waals surface area contributed by atoms with Crippen LogP contribution in [0.25, 0.3) is 0 Å². The SMILES string of the molecule is NCCN(N)CCN(CCN)CCN(CCN)CCNN. The molecule has 0 saturated heterocycles. The third-order valence-corrected chi connectivity index (χ3v) is 3.32. The quantitative estimate of drug-likeness (QED) is 0.132. The molecular formula is C12H35N9. The third kappa shape index (κ3) is 11.9. The van der Waals surface area contributed by atoms with Crippen molar-refractivity contribution in [2.45, 2.75) is 0 Å². The van der Waals surface area contributed by atoms with Crippen molar-refractivity contribution >= 4 is 0 Å². The molecule has 0 saturated carbocycles. The molecule has 9 heteroatoms. The van der Waals surface area contributed by atoms with Gasteiger partial charge in [-0.15, -0.1) is 0 Å². The van der Waals surface area contributed by atoms with E-state index in [1.54, 1.807) is 5.01 Å². The molecular weight excluding hydrogens is 270 g/mol. The van der Waals surface area contributed by atoms with Crippen LogP contribution in [0.4, 0.5) is 0 Å². The average Bonchev–Trinajstić information content (AvgIpc) is 2.47. The van der Waals surface area contributed by atoms with Gasteiger partial charge in [-0.05, 0) is 0 Å². The summed E-state index contributed by atoms with van der Waals surface area (Å²) in [7, 11) is 0. The minimum atomic E-state index is 0.573. The summed E-state index contributed by atoms with van der Waals surface area (Å²) in [6.45, 7) is 9.51. The molecule has 0 unspecified atom stereocenters. The standard InChI is InChI=1S/C12H35N9/c13-1-5-19(8-4-18-16)9-10-20(6-2-14)11-12-21(17)7-3-15/h18H,1-17H2. The van der Waals surface area contributed by atoms with E-state index in [2.05, 4.69) is 15.2 Å². The van der Waals surface area contributed by atoms with E-state index in [0.29, 0.717) is 26.2 Å². The lowest BCUT2D eigenvalue weighted by Crippen LogP contribution is -2.46. The second-order valence-electron chi connectivity index (χ2n) is 5.04. The number of rotatable bonds is 15. The number of hydrogen-bond acceptors (Lipinski definition) is 9. The lowest BCUT2D eigenvalue weighted by atomic mass is 10.3. The topological polar surface area (TPSA) is 152 Å². The molecule has 0 aromatic rings. The van der Waals surface area contributed by atoms with E-state index in [1.165, 1.54) is 0 Å². The number of nitrogens with zero attached hydrogens (tertiary/aromatic N) is 3. The molecule has 0 heterocycles. The summed E-state index contributed by atoms with van der Waals surface area (Å²) in [6.07, 6.45) is 0. The maximum absolute atomic E-state index is 5.84. The monoisotopic (exact) mass is 305 g/mol. The molecule has 0 aliphatic rings. The van der Waals surface area contributed by atoms with Crippen molar-refractivity contribution < 1.29 is 0 Å². The first-order valence-electron chi connectivity index (χ1n) is 7.65. The molecule has 0 aliphatic heterocycles. The van der Waals surface area contributed by atoms with E-state index in [-0.39, 0.29) is 0 Å². The van der Waals surface area contributed by atoms with Gasteiger partial charge >= 0.3 is 0 Å². The van der Waals surface area contributed by atoms with Gasteiger partial charge in [-0.2, -0.15) is 0 Å². The Bertz CT molecular complexity index is 217. The van der Waals surface area contributed by atoms with Crippen LogP contribution in [-0.4, -0.2) is 93.3 Å². The van der Waals surface area contributed by atoms with Crippen molar-refractivity contribution in [3.05, 3.63) is 0 Å². The molecule has 0 aromatic carbocycles. The summed E-state index contributed by atoms with van der Waals surface area (Å²) in [5.74, 6) is 11.2. The van der Waals surface area contributed by atoms with Gasteiger partial charge in [-0.3, -0.25) is 26.9 Å². The minimum absolute atomic E-state index is 0.573. The zero-order valence-corrected chi connectivity index (χ0v) is 13.2. The van der Waals surface area contributed by atoms with Crippen LogP contribution in [0.3, 0.4) is 0 Å². The van der Waals surface area contributed by atoms with Gasteiger partial charge in [0.1, 0.15) is 0 Å². The van der Waals surface area contributed by atoms with Gasteiger partial charge in [0.15, 0.2) is 0 Å². The second kappa shape index (κ2) is 14.6. The molecule has 11 N–H and O–H groups in total. The first kappa shape index (κ1) is 20.6. The maximum Gasteiger partial charge on any atom is 0.0257 e. The van der Waals surface area contributed by atoms with E-state index in [0.717, 1.165) is 52.4 Å². The van der Waals surface area contributed by atoms with Crippen LogP contribution in [-0.2, 0) is 0 Å². The van der Waals surface area contributed by atoms with Crippen molar-refractivity contribution in [1.29, 1.82) is 0 Å². The van der Waals surface area contributed by atoms with E-state index < -0.39 is 0 Å². The summed E-state index contributed by atoms with van der Waals surface area (Å²) in [5.41, 5.74) is 19.5. The Kier molecular flexibility index (Phi) is 14.3. The second-order valence-corrected chi connectivity index (χ2v) is 5.04. The van der Waals surface area contributed by atoms with Gasteiger partial charge in [0.25, 0.3) is 0 Å². The number of nitrogens with one attached hydrogen (secondary N) is 1. The fourth-order valence-corrected chi connectivity index (χ4v) is 2.09. The lowest BCUT2D eigenvalue weighted by molar-refractivity contribution is 0.182. The Balaban J connectivity index is 4.08. The molecule has 0 spiro atoms. The summed E-state index contributed by atoms with van der Waals surface area (Å²) >= 11 is 0. The van der Waals surface area contributed by atoms with Crippen molar-refractivity contribution in [3.8, 4) is 0 Å². The summed E-state index contributed by atoms with van der Waals surface area (Å²) in [6, 6.07) is 0. The van der Waals surface area contributed by atoms with Gasteiger partial charge in [0.2, 0.25) is 0 Å². The number of hydrazine groups is 2. The smallest absolute Gasteiger partial charge is 0.0257 e. The summed E-state index contributed by atoms with van der Waals surface area (Å²) in [4.78, 5) is 4.61. The van der Waals surface area contributed by atoms with Gasteiger partial charge < -0.3 is 17.2 Å². The largest absolute Gasteiger partial charge is 0.329 e. The van der Waals surface area contributed by atoms with E-state index in [9.17, 15) is 0 Å². The molecule has 0 fully saturated rings. The molecule has 128 valence electrons. The van der Waals surface area contributed by atoms with Crippen LogP contribution in [0.15, 0.2) is 0 Å². The van der Waals surface area contributed by atoms with E-state index in [1.807, 2.05) is 0 Å². The molecule has 0 rings (SSSR count). The molecule has 0 aliphatic carbocycles. The Labute approximate surface area is 128 Å². The first-order chi connectivity index (χ1) is 10.2. The van der Waals surface area contributed by atoms with Crippen LogP contribution in [0, 0.1) is 0 Å². The predicted molar refractivity (Wildman–Crippen MR) is 88.0 cm³/mol. The van der Waals surface area contributed by atoms with E-state index in [4.69, 9.17) is 28.9 Å². The molecule has 0 bridgehead atoms. The fourth-order valence-electron chi connectivity index (χ4n) is 2.09. The zero-order valence-electron chi connectivity index (χ0n) is 13.2. The molecule has 0 aromatic heterocycles. The maximum atomic E-state index is 5.84. The molecule has 0 amide bonds.